The van der Waals surface area contributed by atoms with E-state index in [4.69, 9.17) is 11.6 Å². The summed E-state index contributed by atoms with van der Waals surface area (Å²) in [5, 5.41) is 3.63. The largest absolute Gasteiger partial charge is 0.352 e. The molecule has 1 fully saturated rings. The highest BCUT2D eigenvalue weighted by molar-refractivity contribution is 7.92. The number of anilines is 1. The number of carbonyl (C=O) groups excluding carboxylic acids is 2. The summed E-state index contributed by atoms with van der Waals surface area (Å²) in [6, 6.07) is 16.2. The lowest BCUT2D eigenvalue weighted by molar-refractivity contribution is -0.141. The number of nitrogens with one attached hydrogen (secondary N) is 1. The normalized spacial score (nSPS) is 15.0. The number of nitrogens with zero attached hydrogens (tertiary/aromatic N) is 2. The monoisotopic (exact) mass is 561 g/mol. The molecule has 0 aliphatic heterocycles. The zero-order valence-corrected chi connectivity index (χ0v) is 24.0. The van der Waals surface area contributed by atoms with Gasteiger partial charge in [0.1, 0.15) is 6.04 Å². The predicted molar refractivity (Wildman–Crippen MR) is 154 cm³/mol. The number of halogens is 1. The maximum Gasteiger partial charge on any atom is 0.243 e. The number of rotatable bonds is 13. The molecule has 3 rings (SSSR count). The van der Waals surface area contributed by atoms with Gasteiger partial charge in [-0.1, -0.05) is 74.2 Å². The Bertz CT molecular complexity index is 1150. The van der Waals surface area contributed by atoms with E-state index in [0.29, 0.717) is 36.5 Å². The molecule has 0 radical (unpaired) electrons. The average molecular weight is 562 g/mol. The molecule has 38 heavy (non-hydrogen) atoms. The van der Waals surface area contributed by atoms with Gasteiger partial charge in [0, 0.05) is 30.6 Å². The Kier molecular flexibility index (Phi) is 11.5. The number of hydrogen-bond donors (Lipinski definition) is 1. The van der Waals surface area contributed by atoms with Crippen molar-refractivity contribution in [1.29, 1.82) is 0 Å². The Morgan fingerprint density at radius 3 is 2.37 bits per heavy atom. The molecule has 2 aromatic rings. The fraction of sp³-hybridized carbons (Fsp3) is 0.517. The van der Waals surface area contributed by atoms with Gasteiger partial charge in [-0.3, -0.25) is 13.9 Å². The van der Waals surface area contributed by atoms with Crippen LogP contribution in [0.25, 0.3) is 0 Å². The molecule has 1 N–H and O–H groups in total. The van der Waals surface area contributed by atoms with E-state index in [2.05, 4.69) is 5.32 Å². The summed E-state index contributed by atoms with van der Waals surface area (Å²) in [4.78, 5) is 28.6. The lowest BCUT2D eigenvalue weighted by Crippen LogP contribution is -2.52. The summed E-state index contributed by atoms with van der Waals surface area (Å²) in [6.45, 7) is 2.49. The van der Waals surface area contributed by atoms with Gasteiger partial charge in [0.25, 0.3) is 0 Å². The molecule has 0 saturated heterocycles. The van der Waals surface area contributed by atoms with Crippen molar-refractivity contribution in [3.63, 3.8) is 0 Å². The molecule has 0 aromatic heterocycles. The minimum atomic E-state index is -3.56. The molecular formula is C29H40ClN3O4S. The lowest BCUT2D eigenvalue weighted by atomic mass is 9.95. The summed E-state index contributed by atoms with van der Waals surface area (Å²) >= 11 is 6.08. The highest BCUT2D eigenvalue weighted by atomic mass is 35.5. The molecule has 1 aliphatic rings. The second kappa shape index (κ2) is 14.5. The second-order valence-corrected chi connectivity index (χ2v) is 12.4. The molecule has 0 heterocycles. The molecular weight excluding hydrogens is 522 g/mol. The Hall–Kier alpha value is -2.58. The summed E-state index contributed by atoms with van der Waals surface area (Å²) < 4.78 is 26.2. The number of hydrogen-bond acceptors (Lipinski definition) is 4. The topological polar surface area (TPSA) is 86.8 Å². The van der Waals surface area contributed by atoms with Crippen molar-refractivity contribution in [3.8, 4) is 0 Å². The molecule has 0 bridgehead atoms. The Balaban J connectivity index is 1.71. The zero-order chi connectivity index (χ0) is 27.5. The molecule has 2 aromatic carbocycles. The molecule has 208 valence electrons. The summed E-state index contributed by atoms with van der Waals surface area (Å²) in [7, 11) is -3.56. The van der Waals surface area contributed by atoms with Crippen molar-refractivity contribution in [3.05, 3.63) is 65.2 Å². The average Bonchev–Trinajstić information content (AvgIpc) is 2.89. The Morgan fingerprint density at radius 1 is 1.03 bits per heavy atom. The molecule has 1 aliphatic carbocycles. The van der Waals surface area contributed by atoms with Gasteiger partial charge in [-0.25, -0.2) is 8.42 Å². The van der Waals surface area contributed by atoms with Crippen molar-refractivity contribution in [1.82, 2.24) is 10.2 Å². The van der Waals surface area contributed by atoms with Crippen LogP contribution in [0.4, 0.5) is 5.69 Å². The SMILES string of the molecule is CC[C@@H](C(=O)NC1CCCCC1)N(CCc1ccccc1)C(=O)CCCN(c1cccc(Cl)c1)S(C)(=O)=O. The summed E-state index contributed by atoms with van der Waals surface area (Å²) in [5.41, 5.74) is 1.56. The van der Waals surface area contributed by atoms with Gasteiger partial charge in [-0.2, -0.15) is 0 Å². The molecule has 7 nitrogen and oxygen atoms in total. The van der Waals surface area contributed by atoms with E-state index in [1.807, 2.05) is 37.3 Å². The van der Waals surface area contributed by atoms with Crippen LogP contribution >= 0.6 is 11.6 Å². The van der Waals surface area contributed by atoms with Crippen LogP contribution in [0.3, 0.4) is 0 Å². The smallest absolute Gasteiger partial charge is 0.243 e. The highest BCUT2D eigenvalue weighted by Gasteiger charge is 2.30. The number of carbonyl (C=O) groups is 2. The first-order valence-electron chi connectivity index (χ1n) is 13.6. The maximum atomic E-state index is 13.5. The van der Waals surface area contributed by atoms with Crippen molar-refractivity contribution in [2.75, 3.05) is 23.7 Å². The van der Waals surface area contributed by atoms with E-state index in [1.54, 1.807) is 29.2 Å². The third-order valence-electron chi connectivity index (χ3n) is 7.07. The first-order chi connectivity index (χ1) is 18.2. The van der Waals surface area contributed by atoms with Gasteiger partial charge in [0.05, 0.1) is 11.9 Å². The van der Waals surface area contributed by atoms with Crippen LogP contribution in [0.5, 0.6) is 0 Å². The molecule has 9 heteroatoms. The van der Waals surface area contributed by atoms with Crippen molar-refractivity contribution < 1.29 is 18.0 Å². The van der Waals surface area contributed by atoms with Gasteiger partial charge in [-0.15, -0.1) is 0 Å². The first kappa shape index (κ1) is 30.0. The number of benzene rings is 2. The summed E-state index contributed by atoms with van der Waals surface area (Å²) in [6.07, 6.45) is 8.12. The second-order valence-electron chi connectivity index (χ2n) is 10.0. The molecule has 2 amide bonds. The van der Waals surface area contributed by atoms with Crippen LogP contribution in [-0.4, -0.2) is 56.6 Å². The quantitative estimate of drug-likeness (QED) is 0.365. The third kappa shape index (κ3) is 9.02. The number of sulfonamides is 1. The van der Waals surface area contributed by atoms with E-state index in [1.165, 1.54) is 10.7 Å². The van der Waals surface area contributed by atoms with Gasteiger partial charge >= 0.3 is 0 Å². The highest BCUT2D eigenvalue weighted by Crippen LogP contribution is 2.23. The van der Waals surface area contributed by atoms with Crippen LogP contribution in [0.2, 0.25) is 5.02 Å². The molecule has 1 atom stereocenters. The predicted octanol–water partition coefficient (Wildman–Crippen LogP) is 5.19. The molecule has 0 unspecified atom stereocenters. The number of amides is 2. The van der Waals surface area contributed by atoms with Crippen LogP contribution < -0.4 is 9.62 Å². The molecule has 1 saturated carbocycles. The minimum absolute atomic E-state index is 0.0995. The minimum Gasteiger partial charge on any atom is -0.352 e. The van der Waals surface area contributed by atoms with Gasteiger partial charge in [-0.05, 0) is 55.9 Å². The van der Waals surface area contributed by atoms with Crippen molar-refractivity contribution >= 4 is 39.1 Å². The van der Waals surface area contributed by atoms with Gasteiger partial charge < -0.3 is 10.2 Å². The van der Waals surface area contributed by atoms with Crippen molar-refractivity contribution in [2.45, 2.75) is 76.8 Å². The van der Waals surface area contributed by atoms with E-state index in [-0.39, 0.29) is 30.8 Å². The van der Waals surface area contributed by atoms with Gasteiger partial charge in [0.2, 0.25) is 21.8 Å². The maximum absolute atomic E-state index is 13.5. The molecule has 0 spiro atoms. The van der Waals surface area contributed by atoms with Gasteiger partial charge in [0.15, 0.2) is 0 Å². The summed E-state index contributed by atoms with van der Waals surface area (Å²) in [5.74, 6) is -0.247. The van der Waals surface area contributed by atoms with E-state index in [9.17, 15) is 18.0 Å². The Labute approximate surface area is 232 Å². The fourth-order valence-corrected chi connectivity index (χ4v) is 6.22. The van der Waals surface area contributed by atoms with E-state index in [0.717, 1.165) is 37.5 Å². The fourth-order valence-electron chi connectivity index (χ4n) is 5.08. The lowest BCUT2D eigenvalue weighted by Gasteiger charge is -2.33. The Morgan fingerprint density at radius 2 is 1.74 bits per heavy atom. The first-order valence-corrected chi connectivity index (χ1v) is 15.8. The third-order valence-corrected chi connectivity index (χ3v) is 8.50. The van der Waals surface area contributed by atoms with Crippen LogP contribution in [0, 0.1) is 0 Å². The van der Waals surface area contributed by atoms with Crippen LogP contribution in [-0.2, 0) is 26.0 Å². The standard InChI is InChI=1S/C29H40ClN3O4S/c1-3-27(29(35)31-25-15-8-5-9-16-25)32(21-19-23-12-6-4-7-13-23)28(34)18-11-20-33(38(2,36)37)26-17-10-14-24(30)22-26/h4,6-7,10,12-14,17,22,25,27H,3,5,8-9,11,15-16,18-21H2,1-2H3,(H,31,35)/t27-/m0/s1. The van der Waals surface area contributed by atoms with Crippen LogP contribution in [0.15, 0.2) is 54.6 Å². The van der Waals surface area contributed by atoms with Crippen molar-refractivity contribution in [2.24, 2.45) is 0 Å². The van der Waals surface area contributed by atoms with Crippen LogP contribution in [0.1, 0.15) is 63.9 Å². The van der Waals surface area contributed by atoms with E-state index >= 15 is 0 Å². The van der Waals surface area contributed by atoms with E-state index < -0.39 is 16.1 Å². The zero-order valence-electron chi connectivity index (χ0n) is 22.4.